The van der Waals surface area contributed by atoms with Crippen LogP contribution in [0.15, 0.2) is 24.3 Å². The van der Waals surface area contributed by atoms with Crippen LogP contribution in [0.2, 0.25) is 0 Å². The molecule has 6 heteroatoms. The fourth-order valence-electron chi connectivity index (χ4n) is 1.37. The molecular formula is C14H18O6. The molecule has 0 fully saturated rings. The fourth-order valence-corrected chi connectivity index (χ4v) is 1.37. The van der Waals surface area contributed by atoms with Gasteiger partial charge in [0.15, 0.2) is 0 Å². The molecule has 1 rings (SSSR count). The van der Waals surface area contributed by atoms with Gasteiger partial charge in [-0.1, -0.05) is 0 Å². The van der Waals surface area contributed by atoms with E-state index in [9.17, 15) is 9.59 Å². The number of carbonyl (C=O) groups is 2. The first kappa shape index (κ1) is 16.0. The smallest absolute Gasteiger partial charge is 0.338 e. The van der Waals surface area contributed by atoms with Crippen LogP contribution in [0, 0.1) is 0 Å². The standard InChI is InChI=1S/C14H18O6/c1-17-9-10-19-13-5-3-12(4-6-13)14(16)20-8-2-7-18-11-15/h3-6,11H,2,7-10H2,1H3. The van der Waals surface area contributed by atoms with Gasteiger partial charge in [0.05, 0.1) is 25.4 Å². The van der Waals surface area contributed by atoms with Gasteiger partial charge in [0.1, 0.15) is 12.4 Å². The van der Waals surface area contributed by atoms with E-state index in [1.54, 1.807) is 31.4 Å². The molecule has 1 aromatic carbocycles. The Morgan fingerprint density at radius 2 is 1.85 bits per heavy atom. The number of benzene rings is 1. The van der Waals surface area contributed by atoms with Crippen molar-refractivity contribution in [2.45, 2.75) is 6.42 Å². The van der Waals surface area contributed by atoms with Crippen LogP contribution >= 0.6 is 0 Å². The summed E-state index contributed by atoms with van der Waals surface area (Å²) in [4.78, 5) is 21.6. The Labute approximate surface area is 117 Å². The molecule has 0 amide bonds. The Hall–Kier alpha value is -2.08. The first-order valence-electron chi connectivity index (χ1n) is 6.22. The molecule has 0 bridgehead atoms. The maximum absolute atomic E-state index is 11.7. The summed E-state index contributed by atoms with van der Waals surface area (Å²) in [5, 5.41) is 0. The van der Waals surface area contributed by atoms with Crippen molar-refractivity contribution < 1.29 is 28.5 Å². The third kappa shape index (κ3) is 6.19. The van der Waals surface area contributed by atoms with E-state index in [0.717, 1.165) is 0 Å². The van der Waals surface area contributed by atoms with Crippen LogP contribution in [0.3, 0.4) is 0 Å². The van der Waals surface area contributed by atoms with Crippen LogP contribution in [0.1, 0.15) is 16.8 Å². The Kier molecular flexibility index (Phi) is 7.83. The molecular weight excluding hydrogens is 264 g/mol. The second kappa shape index (κ2) is 9.80. The van der Waals surface area contributed by atoms with E-state index in [0.29, 0.717) is 37.4 Å². The Bertz CT molecular complexity index is 401. The molecule has 6 nitrogen and oxygen atoms in total. The summed E-state index contributed by atoms with van der Waals surface area (Å²) < 4.78 is 19.7. The van der Waals surface area contributed by atoms with Gasteiger partial charge in [-0.25, -0.2) is 4.79 Å². The van der Waals surface area contributed by atoms with E-state index in [-0.39, 0.29) is 13.2 Å². The SMILES string of the molecule is COCCOc1ccc(C(=O)OCCCOC=O)cc1. The normalized spacial score (nSPS) is 9.85. The predicted octanol–water partition coefficient (Wildman–Crippen LogP) is 1.43. The van der Waals surface area contributed by atoms with Gasteiger partial charge in [0.25, 0.3) is 6.47 Å². The third-order valence-electron chi connectivity index (χ3n) is 2.35. The summed E-state index contributed by atoms with van der Waals surface area (Å²) in [6, 6.07) is 6.66. The monoisotopic (exact) mass is 282 g/mol. The minimum absolute atomic E-state index is 0.207. The van der Waals surface area contributed by atoms with E-state index in [4.69, 9.17) is 14.2 Å². The molecule has 110 valence electrons. The quantitative estimate of drug-likeness (QED) is 0.367. The highest BCUT2D eigenvalue weighted by molar-refractivity contribution is 5.89. The van der Waals surface area contributed by atoms with Crippen molar-refractivity contribution in [2.24, 2.45) is 0 Å². The maximum Gasteiger partial charge on any atom is 0.338 e. The molecule has 0 atom stereocenters. The molecule has 0 aliphatic heterocycles. The zero-order valence-corrected chi connectivity index (χ0v) is 11.4. The van der Waals surface area contributed by atoms with Crippen molar-refractivity contribution in [2.75, 3.05) is 33.5 Å². The van der Waals surface area contributed by atoms with Gasteiger partial charge < -0.3 is 18.9 Å². The van der Waals surface area contributed by atoms with E-state index in [1.807, 2.05) is 0 Å². The van der Waals surface area contributed by atoms with Crippen molar-refractivity contribution >= 4 is 12.4 Å². The summed E-state index contributed by atoms with van der Waals surface area (Å²) in [5.74, 6) is 0.248. The molecule has 0 aliphatic carbocycles. The van der Waals surface area contributed by atoms with Crippen molar-refractivity contribution in [1.29, 1.82) is 0 Å². The van der Waals surface area contributed by atoms with Crippen molar-refractivity contribution in [3.63, 3.8) is 0 Å². The number of ether oxygens (including phenoxy) is 4. The molecule has 0 aromatic heterocycles. The second-order valence-electron chi connectivity index (χ2n) is 3.82. The molecule has 0 radical (unpaired) electrons. The predicted molar refractivity (Wildman–Crippen MR) is 70.7 cm³/mol. The van der Waals surface area contributed by atoms with E-state index < -0.39 is 5.97 Å². The lowest BCUT2D eigenvalue weighted by Gasteiger charge is -2.07. The van der Waals surface area contributed by atoms with Crippen molar-refractivity contribution in [1.82, 2.24) is 0 Å². The van der Waals surface area contributed by atoms with Crippen molar-refractivity contribution in [3.05, 3.63) is 29.8 Å². The number of esters is 1. The van der Waals surface area contributed by atoms with E-state index in [2.05, 4.69) is 4.74 Å². The average molecular weight is 282 g/mol. The van der Waals surface area contributed by atoms with Crippen LogP contribution in [0.5, 0.6) is 5.75 Å². The minimum atomic E-state index is -0.417. The molecule has 20 heavy (non-hydrogen) atoms. The first-order chi connectivity index (χ1) is 9.77. The molecule has 0 saturated heterocycles. The van der Waals surface area contributed by atoms with Gasteiger partial charge in [-0.05, 0) is 24.3 Å². The van der Waals surface area contributed by atoms with E-state index in [1.165, 1.54) is 0 Å². The van der Waals surface area contributed by atoms with Gasteiger partial charge in [0, 0.05) is 13.5 Å². The molecule has 0 heterocycles. The Morgan fingerprint density at radius 3 is 2.50 bits per heavy atom. The highest BCUT2D eigenvalue weighted by Crippen LogP contribution is 2.13. The van der Waals surface area contributed by atoms with E-state index >= 15 is 0 Å². The summed E-state index contributed by atoms with van der Waals surface area (Å²) >= 11 is 0. The summed E-state index contributed by atoms with van der Waals surface area (Å²) in [6.07, 6.45) is 0.475. The number of carbonyl (C=O) groups excluding carboxylic acids is 2. The fraction of sp³-hybridized carbons (Fsp3) is 0.429. The Morgan fingerprint density at radius 1 is 1.10 bits per heavy atom. The summed E-state index contributed by atoms with van der Waals surface area (Å²) in [7, 11) is 1.60. The largest absolute Gasteiger partial charge is 0.491 e. The lowest BCUT2D eigenvalue weighted by molar-refractivity contribution is -0.128. The van der Waals surface area contributed by atoms with Gasteiger partial charge in [-0.3, -0.25) is 4.79 Å². The summed E-state index contributed by atoms with van der Waals surface area (Å²) in [5.41, 5.74) is 0.445. The lowest BCUT2D eigenvalue weighted by atomic mass is 10.2. The number of hydrogen-bond donors (Lipinski definition) is 0. The Balaban J connectivity index is 2.31. The molecule has 0 spiro atoms. The number of hydrogen-bond acceptors (Lipinski definition) is 6. The minimum Gasteiger partial charge on any atom is -0.491 e. The number of methoxy groups -OCH3 is 1. The van der Waals surface area contributed by atoms with Gasteiger partial charge >= 0.3 is 5.97 Å². The van der Waals surface area contributed by atoms with Crippen molar-refractivity contribution in [3.8, 4) is 5.75 Å². The van der Waals surface area contributed by atoms with Crippen LogP contribution in [0.25, 0.3) is 0 Å². The molecule has 1 aromatic rings. The zero-order chi connectivity index (χ0) is 14.6. The first-order valence-corrected chi connectivity index (χ1v) is 6.22. The average Bonchev–Trinajstić information content (AvgIpc) is 2.48. The number of rotatable bonds is 10. The highest BCUT2D eigenvalue weighted by Gasteiger charge is 2.06. The van der Waals surface area contributed by atoms with Gasteiger partial charge in [-0.15, -0.1) is 0 Å². The molecule has 0 N–H and O–H groups in total. The van der Waals surface area contributed by atoms with Gasteiger partial charge in [-0.2, -0.15) is 0 Å². The molecule has 0 unspecified atom stereocenters. The topological polar surface area (TPSA) is 71.1 Å². The third-order valence-corrected chi connectivity index (χ3v) is 2.35. The van der Waals surface area contributed by atoms with Crippen LogP contribution in [-0.4, -0.2) is 46.0 Å². The lowest BCUT2D eigenvalue weighted by Crippen LogP contribution is -2.08. The molecule has 0 saturated carbocycles. The van der Waals surface area contributed by atoms with Crippen LogP contribution in [-0.2, 0) is 19.0 Å². The molecule has 0 aliphatic rings. The zero-order valence-electron chi connectivity index (χ0n) is 11.4. The maximum atomic E-state index is 11.7. The second-order valence-corrected chi connectivity index (χ2v) is 3.82. The van der Waals surface area contributed by atoms with Gasteiger partial charge in [0.2, 0.25) is 0 Å². The van der Waals surface area contributed by atoms with Crippen LogP contribution in [0.4, 0.5) is 0 Å². The highest BCUT2D eigenvalue weighted by atomic mass is 16.5. The summed E-state index contributed by atoms with van der Waals surface area (Å²) in [6.45, 7) is 1.77. The van der Waals surface area contributed by atoms with Crippen LogP contribution < -0.4 is 4.74 Å².